The third kappa shape index (κ3) is 6.78. The molecule has 1 heterocycles. The zero-order chi connectivity index (χ0) is 21.5. The van der Waals surface area contributed by atoms with E-state index in [0.717, 1.165) is 28.9 Å². The van der Waals surface area contributed by atoms with Gasteiger partial charge < -0.3 is 9.80 Å². The highest BCUT2D eigenvalue weighted by Crippen LogP contribution is 2.31. The van der Waals surface area contributed by atoms with Crippen LogP contribution in [0.3, 0.4) is 0 Å². The fourth-order valence-electron chi connectivity index (χ4n) is 5.51. The minimum atomic E-state index is -0.136. The van der Waals surface area contributed by atoms with Crippen molar-refractivity contribution in [2.24, 2.45) is 11.8 Å². The van der Waals surface area contributed by atoms with E-state index in [-0.39, 0.29) is 11.7 Å². The topological polar surface area (TPSA) is 23.6 Å². The van der Waals surface area contributed by atoms with E-state index in [2.05, 4.69) is 32.7 Å². The lowest BCUT2D eigenvalue weighted by Gasteiger charge is -2.36. The summed E-state index contributed by atoms with van der Waals surface area (Å²) in [5.41, 5.74) is 1.11. The fourth-order valence-corrected chi connectivity index (χ4v) is 5.92. The van der Waals surface area contributed by atoms with E-state index < -0.39 is 0 Å². The molecule has 168 valence electrons. The average Bonchev–Trinajstić information content (AvgIpc) is 2.73. The van der Waals surface area contributed by atoms with E-state index in [1.165, 1.54) is 77.1 Å². The van der Waals surface area contributed by atoms with Crippen molar-refractivity contribution in [3.8, 4) is 0 Å². The van der Waals surface area contributed by atoms with Crippen molar-refractivity contribution in [2.45, 2.75) is 77.7 Å². The minimum Gasteiger partial charge on any atom is -0.340 e. The van der Waals surface area contributed by atoms with Gasteiger partial charge in [0, 0.05) is 24.0 Å². The Morgan fingerprint density at radius 1 is 1.13 bits per heavy atom. The second-order valence-corrected chi connectivity index (χ2v) is 10.2. The zero-order valence-corrected chi connectivity index (χ0v) is 20.3. The van der Waals surface area contributed by atoms with Crippen LogP contribution in [-0.4, -0.2) is 47.9 Å². The molecule has 2 fully saturated rings. The van der Waals surface area contributed by atoms with Gasteiger partial charge in [0.25, 0.3) is 0 Å². The molecule has 1 saturated carbocycles. The van der Waals surface area contributed by atoms with Gasteiger partial charge in [-0.25, -0.2) is 4.39 Å². The van der Waals surface area contributed by atoms with Gasteiger partial charge in [-0.05, 0) is 120 Å². The van der Waals surface area contributed by atoms with Crippen molar-refractivity contribution >= 4 is 21.8 Å². The number of hydrogen-bond acceptors (Lipinski definition) is 2. The van der Waals surface area contributed by atoms with Gasteiger partial charge in [-0.15, -0.1) is 0 Å². The molecule has 1 aliphatic carbocycles. The quantitative estimate of drug-likeness (QED) is 0.451. The summed E-state index contributed by atoms with van der Waals surface area (Å²) in [5.74, 6) is 1.60. The van der Waals surface area contributed by atoms with Gasteiger partial charge in [-0.2, -0.15) is 0 Å². The Morgan fingerprint density at radius 3 is 2.47 bits per heavy atom. The maximum atomic E-state index is 13.5. The molecule has 1 aromatic rings. The number of hydrogen-bond donors (Lipinski definition) is 0. The summed E-state index contributed by atoms with van der Waals surface area (Å²) in [4.78, 5) is 16.4. The minimum absolute atomic E-state index is 0.136. The SMILES string of the molecule is CCN(C(C)=O)C1CCC(CCCN2CCC(Cc3cc(F)ccc3Br)CC2)CC1. The molecule has 0 spiro atoms. The summed E-state index contributed by atoms with van der Waals surface area (Å²) in [6.07, 6.45) is 10.9. The molecule has 0 atom stereocenters. The van der Waals surface area contributed by atoms with Gasteiger partial charge in [0.15, 0.2) is 0 Å². The maximum Gasteiger partial charge on any atom is 0.219 e. The van der Waals surface area contributed by atoms with Crippen LogP contribution >= 0.6 is 15.9 Å². The molecule has 3 rings (SSSR count). The number of likely N-dealkylation sites (tertiary alicyclic amines) is 1. The fraction of sp³-hybridized carbons (Fsp3) is 0.720. The second-order valence-electron chi connectivity index (χ2n) is 9.35. The number of nitrogens with zero attached hydrogens (tertiary/aromatic N) is 2. The summed E-state index contributed by atoms with van der Waals surface area (Å²) in [5, 5.41) is 0. The number of carbonyl (C=O) groups is 1. The van der Waals surface area contributed by atoms with Gasteiger partial charge >= 0.3 is 0 Å². The smallest absolute Gasteiger partial charge is 0.219 e. The van der Waals surface area contributed by atoms with Crippen molar-refractivity contribution < 1.29 is 9.18 Å². The molecule has 1 aromatic carbocycles. The van der Waals surface area contributed by atoms with Crippen LogP contribution in [-0.2, 0) is 11.2 Å². The van der Waals surface area contributed by atoms with Crippen LogP contribution in [0.25, 0.3) is 0 Å². The number of halogens is 2. The molecule has 5 heteroatoms. The summed E-state index contributed by atoms with van der Waals surface area (Å²) in [6.45, 7) is 8.20. The van der Waals surface area contributed by atoms with E-state index in [0.29, 0.717) is 12.0 Å². The van der Waals surface area contributed by atoms with Gasteiger partial charge in [0.1, 0.15) is 5.82 Å². The number of piperidine rings is 1. The average molecular weight is 481 g/mol. The predicted octanol–water partition coefficient (Wildman–Crippen LogP) is 6.05. The van der Waals surface area contributed by atoms with Crippen molar-refractivity contribution in [3.63, 3.8) is 0 Å². The molecule has 2 aliphatic rings. The Morgan fingerprint density at radius 2 is 1.83 bits per heavy atom. The van der Waals surface area contributed by atoms with Crippen molar-refractivity contribution in [3.05, 3.63) is 34.1 Å². The summed E-state index contributed by atoms with van der Waals surface area (Å²) in [7, 11) is 0. The third-order valence-corrected chi connectivity index (χ3v) is 8.09. The van der Waals surface area contributed by atoms with E-state index in [4.69, 9.17) is 0 Å². The van der Waals surface area contributed by atoms with E-state index in [1.54, 1.807) is 13.0 Å². The Kier molecular flexibility index (Phi) is 9.18. The van der Waals surface area contributed by atoms with E-state index >= 15 is 0 Å². The summed E-state index contributed by atoms with van der Waals surface area (Å²) < 4.78 is 14.6. The summed E-state index contributed by atoms with van der Waals surface area (Å²) >= 11 is 3.57. The van der Waals surface area contributed by atoms with Gasteiger partial charge in [0.05, 0.1) is 0 Å². The van der Waals surface area contributed by atoms with Gasteiger partial charge in [-0.1, -0.05) is 15.9 Å². The highest BCUT2D eigenvalue weighted by atomic mass is 79.9. The van der Waals surface area contributed by atoms with E-state index in [9.17, 15) is 9.18 Å². The lowest BCUT2D eigenvalue weighted by molar-refractivity contribution is -0.131. The highest BCUT2D eigenvalue weighted by Gasteiger charge is 2.26. The van der Waals surface area contributed by atoms with Crippen LogP contribution in [0.15, 0.2) is 22.7 Å². The molecule has 30 heavy (non-hydrogen) atoms. The summed E-state index contributed by atoms with van der Waals surface area (Å²) in [6, 6.07) is 5.50. The van der Waals surface area contributed by atoms with Crippen LogP contribution < -0.4 is 0 Å². The molecule has 0 N–H and O–H groups in total. The number of rotatable bonds is 8. The van der Waals surface area contributed by atoms with Gasteiger partial charge in [-0.3, -0.25) is 4.79 Å². The first-order chi connectivity index (χ1) is 14.5. The van der Waals surface area contributed by atoms with Crippen LogP contribution in [0.2, 0.25) is 0 Å². The van der Waals surface area contributed by atoms with Crippen LogP contribution in [0, 0.1) is 17.7 Å². The normalized spacial score (nSPS) is 23.5. The molecular weight excluding hydrogens is 443 g/mol. The molecule has 0 bridgehead atoms. The second kappa shape index (κ2) is 11.6. The first-order valence-corrected chi connectivity index (χ1v) is 12.7. The van der Waals surface area contributed by atoms with Crippen molar-refractivity contribution in [1.29, 1.82) is 0 Å². The molecule has 3 nitrogen and oxygen atoms in total. The van der Waals surface area contributed by atoms with E-state index in [1.807, 2.05) is 6.07 Å². The monoisotopic (exact) mass is 480 g/mol. The van der Waals surface area contributed by atoms with Gasteiger partial charge in [0.2, 0.25) is 5.91 Å². The molecule has 0 aromatic heterocycles. The number of benzene rings is 1. The number of carbonyl (C=O) groups excluding carboxylic acids is 1. The Labute approximate surface area is 190 Å². The molecule has 1 amide bonds. The highest BCUT2D eigenvalue weighted by molar-refractivity contribution is 9.10. The zero-order valence-electron chi connectivity index (χ0n) is 18.7. The molecular formula is C25H38BrFN2O. The maximum absolute atomic E-state index is 13.5. The lowest BCUT2D eigenvalue weighted by atomic mass is 9.82. The first-order valence-electron chi connectivity index (χ1n) is 11.9. The third-order valence-electron chi connectivity index (χ3n) is 7.31. The van der Waals surface area contributed by atoms with Crippen LogP contribution in [0.1, 0.15) is 70.8 Å². The molecule has 1 saturated heterocycles. The molecule has 0 radical (unpaired) electrons. The molecule has 1 aliphatic heterocycles. The largest absolute Gasteiger partial charge is 0.340 e. The lowest BCUT2D eigenvalue weighted by Crippen LogP contribution is -2.41. The van der Waals surface area contributed by atoms with Crippen LogP contribution in [0.5, 0.6) is 0 Å². The predicted molar refractivity (Wildman–Crippen MR) is 125 cm³/mol. The van der Waals surface area contributed by atoms with Crippen LogP contribution in [0.4, 0.5) is 4.39 Å². The first kappa shape index (κ1) is 23.7. The Balaban J connectivity index is 1.31. The Bertz CT molecular complexity index is 682. The molecule has 0 unspecified atom stereocenters. The number of amides is 1. The van der Waals surface area contributed by atoms with Crippen molar-refractivity contribution in [1.82, 2.24) is 9.80 Å². The van der Waals surface area contributed by atoms with Crippen molar-refractivity contribution in [2.75, 3.05) is 26.2 Å². The Hall–Kier alpha value is -0.940. The standard InChI is InChI=1S/C25H38BrFN2O/c1-3-29(19(2)30)24-9-6-20(7-10-24)5-4-14-28-15-12-21(13-16-28)17-22-18-23(27)8-11-25(22)26/h8,11,18,20-21,24H,3-7,9-10,12-17H2,1-2H3.